The van der Waals surface area contributed by atoms with E-state index >= 15 is 0 Å². The lowest BCUT2D eigenvalue weighted by molar-refractivity contribution is 0.0635. The molecular formula is C15H22N2O4S. The summed E-state index contributed by atoms with van der Waals surface area (Å²) >= 11 is 0. The number of hydrogen-bond donors (Lipinski definition) is 1. The Hall–Kier alpha value is -1.60. The summed E-state index contributed by atoms with van der Waals surface area (Å²) < 4.78 is 31.5. The summed E-state index contributed by atoms with van der Waals surface area (Å²) in [7, 11) is -0.957. The fraction of sp³-hybridized carbons (Fsp3) is 0.533. The molecule has 1 aromatic carbocycles. The third kappa shape index (κ3) is 3.25. The molecule has 0 radical (unpaired) electrons. The average Bonchev–Trinajstić information content (AvgIpc) is 2.54. The molecule has 1 aliphatic heterocycles. The van der Waals surface area contributed by atoms with Gasteiger partial charge in [0.05, 0.1) is 7.11 Å². The number of likely N-dealkylation sites (tertiary alicyclic amines) is 1. The molecule has 1 aromatic rings. The van der Waals surface area contributed by atoms with Crippen LogP contribution in [0, 0.1) is 0 Å². The highest BCUT2D eigenvalue weighted by molar-refractivity contribution is 7.89. The van der Waals surface area contributed by atoms with Crippen molar-refractivity contribution < 1.29 is 17.9 Å². The van der Waals surface area contributed by atoms with Crippen LogP contribution in [0.15, 0.2) is 23.1 Å². The van der Waals surface area contributed by atoms with Gasteiger partial charge in [0.1, 0.15) is 10.6 Å². The highest BCUT2D eigenvalue weighted by Crippen LogP contribution is 2.26. The molecule has 0 aliphatic carbocycles. The Bertz CT molecular complexity index is 658. The summed E-state index contributed by atoms with van der Waals surface area (Å²) in [5.41, 5.74) is 0.364. The molecule has 0 aromatic heterocycles. The zero-order valence-corrected chi connectivity index (χ0v) is 13.9. The van der Waals surface area contributed by atoms with Crippen molar-refractivity contribution in [3.05, 3.63) is 23.8 Å². The number of hydrogen-bond acceptors (Lipinski definition) is 4. The lowest BCUT2D eigenvalue weighted by atomic mass is 10.0. The third-order valence-corrected chi connectivity index (χ3v) is 5.47. The molecule has 1 saturated heterocycles. The predicted octanol–water partition coefficient (Wildman–Crippen LogP) is 1.62. The molecule has 6 nitrogen and oxygen atoms in total. The number of nitrogens with zero attached hydrogens (tertiary/aromatic N) is 1. The summed E-state index contributed by atoms with van der Waals surface area (Å²) in [5, 5.41) is 0. The van der Waals surface area contributed by atoms with Crippen LogP contribution >= 0.6 is 0 Å². The van der Waals surface area contributed by atoms with Crippen LogP contribution < -0.4 is 9.46 Å². The molecular weight excluding hydrogens is 304 g/mol. The second-order valence-electron chi connectivity index (χ2n) is 5.42. The van der Waals surface area contributed by atoms with E-state index in [9.17, 15) is 13.2 Å². The number of amides is 1. The van der Waals surface area contributed by atoms with E-state index in [4.69, 9.17) is 4.74 Å². The molecule has 2 rings (SSSR count). The van der Waals surface area contributed by atoms with Crippen molar-refractivity contribution in [3.8, 4) is 5.75 Å². The van der Waals surface area contributed by atoms with Crippen molar-refractivity contribution in [2.75, 3.05) is 20.7 Å². The number of methoxy groups -OCH3 is 1. The molecule has 7 heteroatoms. The van der Waals surface area contributed by atoms with Crippen LogP contribution in [0.2, 0.25) is 0 Å². The van der Waals surface area contributed by atoms with Crippen LogP contribution in [0.1, 0.15) is 36.5 Å². The molecule has 22 heavy (non-hydrogen) atoms. The Labute approximate surface area is 131 Å². The first kappa shape index (κ1) is 16.8. The summed E-state index contributed by atoms with van der Waals surface area (Å²) in [5.74, 6) is 0.0833. The van der Waals surface area contributed by atoms with Gasteiger partial charge in [0.15, 0.2) is 0 Å². The Morgan fingerprint density at radius 1 is 1.36 bits per heavy atom. The van der Waals surface area contributed by atoms with Gasteiger partial charge < -0.3 is 9.64 Å². The number of nitrogens with one attached hydrogen (secondary N) is 1. The number of sulfonamides is 1. The van der Waals surface area contributed by atoms with Gasteiger partial charge in [-0.15, -0.1) is 0 Å². The van der Waals surface area contributed by atoms with Gasteiger partial charge in [-0.1, -0.05) is 0 Å². The molecule has 122 valence electrons. The summed E-state index contributed by atoms with van der Waals surface area (Å²) in [6.45, 7) is 2.73. The summed E-state index contributed by atoms with van der Waals surface area (Å²) in [6.07, 6.45) is 3.07. The third-order valence-electron chi connectivity index (χ3n) is 4.03. The van der Waals surface area contributed by atoms with Crippen LogP contribution in [0.4, 0.5) is 0 Å². The van der Waals surface area contributed by atoms with Gasteiger partial charge in [-0.2, -0.15) is 0 Å². The SMILES string of the molecule is CNS(=O)(=O)c1cc(C(=O)N2CCCCC2C)ccc1OC. The molecule has 1 heterocycles. The van der Waals surface area contributed by atoms with Crippen LogP contribution in [-0.4, -0.2) is 46.0 Å². The van der Waals surface area contributed by atoms with E-state index in [0.717, 1.165) is 19.3 Å². The monoisotopic (exact) mass is 326 g/mol. The number of ether oxygens (including phenoxy) is 1. The van der Waals surface area contributed by atoms with E-state index in [1.54, 1.807) is 11.0 Å². The highest BCUT2D eigenvalue weighted by atomic mass is 32.2. The standard InChI is InChI=1S/C15H22N2O4S/c1-11-6-4-5-9-17(11)15(18)12-7-8-13(21-3)14(10-12)22(19,20)16-2/h7-8,10-11,16H,4-6,9H2,1-3H3. The Morgan fingerprint density at radius 3 is 2.68 bits per heavy atom. The van der Waals surface area contributed by atoms with Crippen molar-refractivity contribution in [2.45, 2.75) is 37.1 Å². The number of carbonyl (C=O) groups excluding carboxylic acids is 1. The van der Waals surface area contributed by atoms with Gasteiger partial charge in [-0.3, -0.25) is 4.79 Å². The largest absolute Gasteiger partial charge is 0.495 e. The van der Waals surface area contributed by atoms with E-state index in [1.807, 2.05) is 6.92 Å². The zero-order chi connectivity index (χ0) is 16.3. The topological polar surface area (TPSA) is 75.7 Å². The summed E-state index contributed by atoms with van der Waals surface area (Å²) in [4.78, 5) is 14.4. The summed E-state index contributed by atoms with van der Waals surface area (Å²) in [6, 6.07) is 4.69. The zero-order valence-electron chi connectivity index (χ0n) is 13.1. The minimum atomic E-state index is -3.69. The number of carbonyl (C=O) groups is 1. The van der Waals surface area contributed by atoms with E-state index in [0.29, 0.717) is 12.1 Å². The fourth-order valence-electron chi connectivity index (χ4n) is 2.70. The maximum absolute atomic E-state index is 12.6. The lowest BCUT2D eigenvalue weighted by Gasteiger charge is -2.33. The van der Waals surface area contributed by atoms with E-state index in [-0.39, 0.29) is 22.6 Å². The Balaban J connectivity index is 2.40. The van der Waals surface area contributed by atoms with Crippen LogP contribution in [0.25, 0.3) is 0 Å². The van der Waals surface area contributed by atoms with Crippen molar-refractivity contribution in [1.29, 1.82) is 0 Å². The van der Waals surface area contributed by atoms with Crippen molar-refractivity contribution >= 4 is 15.9 Å². The van der Waals surface area contributed by atoms with Gasteiger partial charge in [0, 0.05) is 18.2 Å². The second kappa shape index (κ2) is 6.66. The van der Waals surface area contributed by atoms with Gasteiger partial charge in [0.25, 0.3) is 5.91 Å². The molecule has 0 bridgehead atoms. The molecule has 1 fully saturated rings. The highest BCUT2D eigenvalue weighted by Gasteiger charge is 2.26. The van der Waals surface area contributed by atoms with Gasteiger partial charge in [0.2, 0.25) is 10.0 Å². The lowest BCUT2D eigenvalue weighted by Crippen LogP contribution is -2.42. The Kier molecular flexibility index (Phi) is 5.08. The molecule has 0 saturated carbocycles. The van der Waals surface area contributed by atoms with Gasteiger partial charge in [-0.25, -0.2) is 13.1 Å². The minimum absolute atomic E-state index is 0.0204. The van der Waals surface area contributed by atoms with Crippen molar-refractivity contribution in [3.63, 3.8) is 0 Å². The Morgan fingerprint density at radius 2 is 2.09 bits per heavy atom. The molecule has 0 spiro atoms. The average molecular weight is 326 g/mol. The van der Waals surface area contributed by atoms with Gasteiger partial charge >= 0.3 is 0 Å². The molecule has 1 amide bonds. The normalized spacial score (nSPS) is 19.0. The first-order chi connectivity index (χ1) is 10.4. The quantitative estimate of drug-likeness (QED) is 0.912. The second-order valence-corrected chi connectivity index (χ2v) is 7.27. The maximum Gasteiger partial charge on any atom is 0.254 e. The van der Waals surface area contributed by atoms with E-state index in [1.165, 1.54) is 26.3 Å². The number of rotatable bonds is 4. The minimum Gasteiger partial charge on any atom is -0.495 e. The predicted molar refractivity (Wildman–Crippen MR) is 83.6 cm³/mol. The first-order valence-electron chi connectivity index (χ1n) is 7.33. The fourth-order valence-corrected chi connectivity index (χ4v) is 3.61. The number of piperidine rings is 1. The molecule has 1 aliphatic rings. The smallest absolute Gasteiger partial charge is 0.254 e. The van der Waals surface area contributed by atoms with Crippen molar-refractivity contribution in [1.82, 2.24) is 9.62 Å². The maximum atomic E-state index is 12.6. The first-order valence-corrected chi connectivity index (χ1v) is 8.81. The molecule has 1 N–H and O–H groups in total. The van der Waals surface area contributed by atoms with Crippen molar-refractivity contribution in [2.24, 2.45) is 0 Å². The molecule has 1 atom stereocenters. The van der Waals surface area contributed by atoms with E-state index in [2.05, 4.69) is 4.72 Å². The van der Waals surface area contributed by atoms with Crippen LogP contribution in [-0.2, 0) is 10.0 Å². The van der Waals surface area contributed by atoms with E-state index < -0.39 is 10.0 Å². The van der Waals surface area contributed by atoms with Gasteiger partial charge in [-0.05, 0) is 51.4 Å². The van der Waals surface area contributed by atoms with Crippen LogP contribution in [0.3, 0.4) is 0 Å². The van der Waals surface area contributed by atoms with Crippen LogP contribution in [0.5, 0.6) is 5.75 Å². The molecule has 1 unspecified atom stereocenters. The number of benzene rings is 1.